The molecule has 0 saturated carbocycles. The van der Waals surface area contributed by atoms with E-state index < -0.39 is 0 Å². The molecule has 4 heterocycles. The van der Waals surface area contributed by atoms with Crippen molar-refractivity contribution >= 4 is 11.3 Å². The monoisotopic (exact) mass is 453 g/mol. The van der Waals surface area contributed by atoms with E-state index in [1.807, 2.05) is 0 Å². The number of nitrogens with zero attached hydrogens (tertiary/aromatic N) is 1. The molecule has 0 fully saturated rings. The summed E-state index contributed by atoms with van der Waals surface area (Å²) in [5.41, 5.74) is 9.29. The van der Waals surface area contributed by atoms with Crippen molar-refractivity contribution in [3.05, 3.63) is 82.4 Å². The molecule has 0 bridgehead atoms. The van der Waals surface area contributed by atoms with Gasteiger partial charge in [-0.3, -0.25) is 0 Å². The van der Waals surface area contributed by atoms with Crippen molar-refractivity contribution < 1.29 is 18.9 Å². The van der Waals surface area contributed by atoms with Crippen LogP contribution in [-0.4, -0.2) is 25.0 Å². The van der Waals surface area contributed by atoms with Gasteiger partial charge >= 0.3 is 0 Å². The predicted molar refractivity (Wildman–Crippen MR) is 130 cm³/mol. The summed E-state index contributed by atoms with van der Waals surface area (Å²) in [6.45, 7) is 3.85. The van der Waals surface area contributed by atoms with Gasteiger partial charge in [0.25, 0.3) is 0 Å². The smallest absolute Gasteiger partial charge is 0.231 e. The van der Waals surface area contributed by atoms with E-state index in [9.17, 15) is 0 Å². The maximum atomic E-state index is 5.99. The first kappa shape index (κ1) is 19.8. The van der Waals surface area contributed by atoms with E-state index in [1.165, 1.54) is 39.1 Å². The molecule has 3 aromatic carbocycles. The van der Waals surface area contributed by atoms with Gasteiger partial charge in [0.15, 0.2) is 23.0 Å². The lowest BCUT2D eigenvalue weighted by Gasteiger charge is -2.44. The van der Waals surface area contributed by atoms with Crippen LogP contribution in [0.4, 0.5) is 0 Å². The van der Waals surface area contributed by atoms with Crippen LogP contribution in [0.25, 0.3) is 11.3 Å². The van der Waals surface area contributed by atoms with Crippen molar-refractivity contribution in [3.63, 3.8) is 0 Å². The summed E-state index contributed by atoms with van der Waals surface area (Å²) in [7, 11) is 0. The third kappa shape index (κ3) is 2.99. The minimum absolute atomic E-state index is 0.207. The van der Waals surface area contributed by atoms with Crippen molar-refractivity contribution in [3.8, 4) is 23.0 Å². The first-order valence-electron chi connectivity index (χ1n) is 12.2. The van der Waals surface area contributed by atoms with E-state index in [0.29, 0.717) is 13.6 Å². The molecule has 0 saturated heterocycles. The summed E-state index contributed by atoms with van der Waals surface area (Å²) < 4.78 is 23.2. The molecule has 4 aliphatic heterocycles. The van der Waals surface area contributed by atoms with Crippen LogP contribution < -0.4 is 18.9 Å². The Hall–Kier alpha value is -3.60. The predicted octanol–water partition coefficient (Wildman–Crippen LogP) is 5.97. The molecule has 7 rings (SSSR count). The Morgan fingerprint density at radius 1 is 0.824 bits per heavy atom. The molecule has 172 valence electrons. The Bertz CT molecular complexity index is 1310. The fourth-order valence-electron chi connectivity index (χ4n) is 5.96. The lowest BCUT2D eigenvalue weighted by molar-refractivity contribution is 0.171. The third-order valence-electron chi connectivity index (χ3n) is 7.57. The summed E-state index contributed by atoms with van der Waals surface area (Å²) in [4.78, 5) is 2.56. The van der Waals surface area contributed by atoms with Gasteiger partial charge in [-0.15, -0.1) is 0 Å². The second-order valence-corrected chi connectivity index (χ2v) is 9.41. The van der Waals surface area contributed by atoms with Crippen LogP contribution in [0.15, 0.2) is 54.6 Å². The van der Waals surface area contributed by atoms with Crippen molar-refractivity contribution in [2.75, 3.05) is 20.1 Å². The molecule has 34 heavy (non-hydrogen) atoms. The number of fused-ring (bicyclic) bond motifs is 7. The highest BCUT2D eigenvalue weighted by Gasteiger charge is 2.38. The van der Waals surface area contributed by atoms with E-state index in [4.69, 9.17) is 18.9 Å². The van der Waals surface area contributed by atoms with Gasteiger partial charge < -0.3 is 23.8 Å². The van der Waals surface area contributed by atoms with Crippen LogP contribution in [0.2, 0.25) is 0 Å². The second-order valence-electron chi connectivity index (χ2n) is 9.41. The lowest BCUT2D eigenvalue weighted by atomic mass is 9.80. The van der Waals surface area contributed by atoms with Crippen LogP contribution in [0, 0.1) is 0 Å². The number of rotatable bonds is 4. The number of aryl methyl sites for hydroxylation is 1. The fourth-order valence-corrected chi connectivity index (χ4v) is 5.96. The Morgan fingerprint density at radius 3 is 2.50 bits per heavy atom. The average molecular weight is 454 g/mol. The molecule has 0 aliphatic carbocycles. The normalized spacial score (nSPS) is 19.1. The summed E-state index contributed by atoms with van der Waals surface area (Å²) in [5, 5.41) is 0. The quantitative estimate of drug-likeness (QED) is 0.487. The molecule has 0 spiro atoms. The van der Waals surface area contributed by atoms with Crippen LogP contribution in [-0.2, 0) is 12.8 Å². The molecule has 5 nitrogen and oxygen atoms in total. The topological polar surface area (TPSA) is 40.2 Å². The minimum atomic E-state index is 0.207. The van der Waals surface area contributed by atoms with E-state index in [-0.39, 0.29) is 6.04 Å². The van der Waals surface area contributed by atoms with Crippen LogP contribution >= 0.6 is 0 Å². The van der Waals surface area contributed by atoms with Gasteiger partial charge in [0.1, 0.15) is 0 Å². The Labute approximate surface area is 199 Å². The summed E-state index contributed by atoms with van der Waals surface area (Å²) in [6.07, 6.45) is 4.12. The van der Waals surface area contributed by atoms with Crippen LogP contribution in [0.1, 0.15) is 53.6 Å². The number of allylic oxidation sites excluding steroid dienone is 1. The van der Waals surface area contributed by atoms with Gasteiger partial charge in [0, 0.05) is 23.4 Å². The molecular formula is C29H27NO4. The fraction of sp³-hybridized carbons (Fsp3) is 0.310. The molecule has 5 heteroatoms. The highest BCUT2D eigenvalue weighted by atomic mass is 16.7. The zero-order valence-corrected chi connectivity index (χ0v) is 19.3. The second kappa shape index (κ2) is 7.73. The SMILES string of the molecule is C[C@H]1c2c(ccc3c2OCO3)C(CCCc2ccccc2)=C2c3cc4c(cc3CCN21)OCO4. The van der Waals surface area contributed by atoms with Crippen molar-refractivity contribution in [1.82, 2.24) is 4.90 Å². The van der Waals surface area contributed by atoms with Crippen LogP contribution in [0.3, 0.4) is 0 Å². The highest BCUT2D eigenvalue weighted by molar-refractivity contribution is 5.95. The zero-order chi connectivity index (χ0) is 22.6. The van der Waals surface area contributed by atoms with Gasteiger partial charge in [-0.05, 0) is 73.1 Å². The van der Waals surface area contributed by atoms with Gasteiger partial charge in [-0.1, -0.05) is 36.4 Å². The summed E-state index contributed by atoms with van der Waals surface area (Å²) in [5.74, 6) is 3.49. The van der Waals surface area contributed by atoms with E-state index >= 15 is 0 Å². The van der Waals surface area contributed by atoms with E-state index in [1.54, 1.807) is 0 Å². The highest BCUT2D eigenvalue weighted by Crippen LogP contribution is 2.54. The van der Waals surface area contributed by atoms with Gasteiger partial charge in [0.05, 0.1) is 6.04 Å². The number of hydrogen-bond donors (Lipinski definition) is 0. The van der Waals surface area contributed by atoms with Gasteiger partial charge in [-0.2, -0.15) is 0 Å². The molecular weight excluding hydrogens is 426 g/mol. The maximum absolute atomic E-state index is 5.99. The molecule has 1 atom stereocenters. The Balaban J connectivity index is 1.38. The third-order valence-corrected chi connectivity index (χ3v) is 7.57. The average Bonchev–Trinajstić information content (AvgIpc) is 3.53. The standard InChI is InChI=1S/C29H27NO4/c1-18-27-21(10-11-24-29(27)34-17-31-24)22(9-5-8-19-6-3-2-4-7-19)28-23-15-26-25(32-16-33-26)14-20(23)12-13-30(18)28/h2-4,6-7,10-11,14-15,18H,5,8-9,12-13,16-17H2,1H3/t18-/m0/s1. The lowest BCUT2D eigenvalue weighted by Crippen LogP contribution is -2.35. The van der Waals surface area contributed by atoms with Crippen molar-refractivity contribution in [1.29, 1.82) is 0 Å². The Kier molecular flexibility index (Phi) is 4.51. The van der Waals surface area contributed by atoms with E-state index in [2.05, 4.69) is 66.4 Å². The molecule has 0 amide bonds. The van der Waals surface area contributed by atoms with Crippen LogP contribution in [0.5, 0.6) is 23.0 Å². The summed E-state index contributed by atoms with van der Waals surface area (Å²) >= 11 is 0. The first-order chi connectivity index (χ1) is 16.8. The maximum Gasteiger partial charge on any atom is 0.231 e. The number of ether oxygens (including phenoxy) is 4. The number of benzene rings is 3. The summed E-state index contributed by atoms with van der Waals surface area (Å²) in [6, 6.07) is 19.7. The molecule has 4 aliphatic rings. The molecule has 3 aromatic rings. The first-order valence-corrected chi connectivity index (χ1v) is 12.2. The van der Waals surface area contributed by atoms with Gasteiger partial charge in [0.2, 0.25) is 13.6 Å². The molecule has 0 N–H and O–H groups in total. The minimum Gasteiger partial charge on any atom is -0.454 e. The molecule has 0 unspecified atom stereocenters. The molecule has 0 aromatic heterocycles. The molecule has 0 radical (unpaired) electrons. The largest absolute Gasteiger partial charge is 0.454 e. The van der Waals surface area contributed by atoms with Crippen molar-refractivity contribution in [2.24, 2.45) is 0 Å². The van der Waals surface area contributed by atoms with Crippen molar-refractivity contribution in [2.45, 2.75) is 38.6 Å². The Morgan fingerprint density at radius 2 is 1.62 bits per heavy atom. The van der Waals surface area contributed by atoms with Gasteiger partial charge in [-0.25, -0.2) is 0 Å². The zero-order valence-electron chi connectivity index (χ0n) is 19.3. The van der Waals surface area contributed by atoms with E-state index in [0.717, 1.165) is 55.2 Å². The number of hydrogen-bond acceptors (Lipinski definition) is 5.